The summed E-state index contributed by atoms with van der Waals surface area (Å²) in [5.41, 5.74) is 0.305. The van der Waals surface area contributed by atoms with Crippen molar-refractivity contribution in [2.24, 2.45) is 0 Å². The van der Waals surface area contributed by atoms with E-state index in [0.29, 0.717) is 30.4 Å². The van der Waals surface area contributed by atoms with Gasteiger partial charge in [0.25, 0.3) is 0 Å². The fourth-order valence-corrected chi connectivity index (χ4v) is 4.95. The van der Waals surface area contributed by atoms with Crippen LogP contribution in [0.15, 0.2) is 36.1 Å². The van der Waals surface area contributed by atoms with Crippen LogP contribution < -0.4 is 0 Å². The SMILES string of the molecule is CCc1cc(-c2cc(F)c(F)c(F)c2)ccc1C1=C(O)C(C)(C)OC2(CCCCC2)C1=O. The molecule has 0 amide bonds. The third-order valence-electron chi connectivity index (χ3n) is 6.63. The standard InChI is InChI=1S/C26H27F3O3/c1-4-15-12-16(17-13-19(27)22(29)20(28)14-17)8-9-18(15)21-23(30)25(2,3)32-26(24(21)31)10-6-5-7-11-26/h8-9,12-14,30H,4-7,10-11H2,1-3H3. The predicted molar refractivity (Wildman–Crippen MR) is 117 cm³/mol. The molecule has 0 radical (unpaired) electrons. The van der Waals surface area contributed by atoms with E-state index in [0.717, 1.165) is 37.0 Å². The van der Waals surface area contributed by atoms with Crippen molar-refractivity contribution in [2.45, 2.75) is 70.5 Å². The maximum atomic E-state index is 13.8. The number of aryl methyl sites for hydroxylation is 1. The number of aliphatic hydroxyl groups excluding tert-OH is 1. The summed E-state index contributed by atoms with van der Waals surface area (Å²) in [5, 5.41) is 11.0. The van der Waals surface area contributed by atoms with Gasteiger partial charge in [0.1, 0.15) is 17.0 Å². The number of Topliss-reactive ketones (excluding diaryl/α,β-unsaturated/α-hetero) is 1. The predicted octanol–water partition coefficient (Wildman–Crippen LogP) is 6.68. The second kappa shape index (κ2) is 8.07. The molecule has 4 rings (SSSR count). The van der Waals surface area contributed by atoms with Crippen molar-refractivity contribution >= 4 is 11.4 Å². The molecule has 0 unspecified atom stereocenters. The van der Waals surface area contributed by atoms with E-state index in [-0.39, 0.29) is 22.7 Å². The summed E-state index contributed by atoms with van der Waals surface area (Å²) in [5.74, 6) is -4.36. The second-order valence-corrected chi connectivity index (χ2v) is 9.20. The number of carbonyl (C=O) groups excluding carboxylic acids is 1. The summed E-state index contributed by atoms with van der Waals surface area (Å²) in [6.45, 7) is 5.42. The largest absolute Gasteiger partial charge is 0.508 e. The molecule has 2 aliphatic rings. The molecule has 2 aromatic rings. The first-order valence-corrected chi connectivity index (χ1v) is 11.1. The van der Waals surface area contributed by atoms with Crippen molar-refractivity contribution in [3.05, 3.63) is 64.7 Å². The zero-order chi connectivity index (χ0) is 23.3. The summed E-state index contributed by atoms with van der Waals surface area (Å²) >= 11 is 0. The third kappa shape index (κ3) is 3.64. The van der Waals surface area contributed by atoms with Crippen molar-refractivity contribution in [1.82, 2.24) is 0 Å². The average molecular weight is 444 g/mol. The lowest BCUT2D eigenvalue weighted by molar-refractivity contribution is -0.174. The topological polar surface area (TPSA) is 46.5 Å². The molecule has 1 spiro atoms. The van der Waals surface area contributed by atoms with E-state index >= 15 is 0 Å². The van der Waals surface area contributed by atoms with Crippen LogP contribution >= 0.6 is 0 Å². The highest BCUT2D eigenvalue weighted by atomic mass is 19.2. The first kappa shape index (κ1) is 22.6. The number of benzene rings is 2. The Kier molecular flexibility index (Phi) is 5.70. The molecular weight excluding hydrogens is 417 g/mol. The normalized spacial score (nSPS) is 20.1. The Balaban J connectivity index is 1.84. The van der Waals surface area contributed by atoms with Gasteiger partial charge < -0.3 is 9.84 Å². The van der Waals surface area contributed by atoms with Crippen LogP contribution in [0.2, 0.25) is 0 Å². The highest BCUT2D eigenvalue weighted by molar-refractivity contribution is 6.26. The lowest BCUT2D eigenvalue weighted by Crippen LogP contribution is -2.54. The molecule has 0 atom stereocenters. The average Bonchev–Trinajstić information content (AvgIpc) is 2.76. The monoisotopic (exact) mass is 444 g/mol. The first-order valence-electron chi connectivity index (χ1n) is 11.1. The van der Waals surface area contributed by atoms with Gasteiger partial charge in [-0.2, -0.15) is 0 Å². The van der Waals surface area contributed by atoms with Gasteiger partial charge >= 0.3 is 0 Å². The van der Waals surface area contributed by atoms with Crippen molar-refractivity contribution in [3.8, 4) is 11.1 Å². The lowest BCUT2D eigenvalue weighted by atomic mass is 9.73. The van der Waals surface area contributed by atoms with Crippen LogP contribution in [0.1, 0.15) is 64.0 Å². The maximum Gasteiger partial charge on any atom is 0.198 e. The third-order valence-corrected chi connectivity index (χ3v) is 6.63. The molecule has 170 valence electrons. The van der Waals surface area contributed by atoms with Crippen LogP contribution in [0, 0.1) is 17.5 Å². The zero-order valence-electron chi connectivity index (χ0n) is 18.5. The summed E-state index contributed by atoms with van der Waals surface area (Å²) in [4.78, 5) is 13.7. The van der Waals surface area contributed by atoms with Crippen molar-refractivity contribution in [2.75, 3.05) is 0 Å². The molecule has 6 heteroatoms. The van der Waals surface area contributed by atoms with Gasteiger partial charge in [-0.1, -0.05) is 44.4 Å². The highest BCUT2D eigenvalue weighted by Crippen LogP contribution is 2.47. The molecule has 0 aromatic heterocycles. The van der Waals surface area contributed by atoms with Gasteiger partial charge in [0.2, 0.25) is 0 Å². The van der Waals surface area contributed by atoms with Crippen LogP contribution in [0.5, 0.6) is 0 Å². The van der Waals surface area contributed by atoms with Gasteiger partial charge in [-0.25, -0.2) is 13.2 Å². The number of halogens is 3. The maximum absolute atomic E-state index is 13.8. The highest BCUT2D eigenvalue weighted by Gasteiger charge is 2.52. The quantitative estimate of drug-likeness (QED) is 0.537. The minimum absolute atomic E-state index is 0.111. The number of hydrogen-bond acceptors (Lipinski definition) is 3. The van der Waals surface area contributed by atoms with E-state index < -0.39 is 28.7 Å². The van der Waals surface area contributed by atoms with Gasteiger partial charge in [-0.05, 0) is 67.5 Å². The number of ether oxygens (including phenoxy) is 1. The molecule has 1 fully saturated rings. The lowest BCUT2D eigenvalue weighted by Gasteiger charge is -2.46. The number of rotatable bonds is 3. The molecule has 3 nitrogen and oxygen atoms in total. The molecule has 1 heterocycles. The fraction of sp³-hybridized carbons (Fsp3) is 0.423. The van der Waals surface area contributed by atoms with E-state index in [1.807, 2.05) is 6.92 Å². The number of ketones is 1. The van der Waals surface area contributed by atoms with E-state index in [1.165, 1.54) is 0 Å². The molecule has 0 bridgehead atoms. The molecule has 1 aliphatic carbocycles. The molecule has 1 saturated carbocycles. The summed E-state index contributed by atoms with van der Waals surface area (Å²) in [7, 11) is 0. The minimum atomic E-state index is -1.51. The van der Waals surface area contributed by atoms with Crippen LogP contribution in [0.4, 0.5) is 13.2 Å². The van der Waals surface area contributed by atoms with Gasteiger partial charge in [-0.3, -0.25) is 4.79 Å². The van der Waals surface area contributed by atoms with Crippen LogP contribution in [-0.4, -0.2) is 22.1 Å². The van der Waals surface area contributed by atoms with Crippen LogP contribution in [0.25, 0.3) is 16.7 Å². The Morgan fingerprint density at radius 3 is 2.19 bits per heavy atom. The Labute approximate surface area is 185 Å². The number of carbonyl (C=O) groups is 1. The Hall–Kier alpha value is -2.60. The Morgan fingerprint density at radius 2 is 1.59 bits per heavy atom. The zero-order valence-corrected chi connectivity index (χ0v) is 18.5. The van der Waals surface area contributed by atoms with Crippen LogP contribution in [0.3, 0.4) is 0 Å². The van der Waals surface area contributed by atoms with E-state index in [1.54, 1.807) is 32.0 Å². The molecule has 2 aromatic carbocycles. The van der Waals surface area contributed by atoms with Crippen LogP contribution in [-0.2, 0) is 16.0 Å². The number of hydrogen-bond donors (Lipinski definition) is 1. The molecular formula is C26H27F3O3. The van der Waals surface area contributed by atoms with Gasteiger partial charge in [0.05, 0.1) is 5.57 Å². The minimum Gasteiger partial charge on any atom is -0.508 e. The van der Waals surface area contributed by atoms with Crippen molar-refractivity contribution in [3.63, 3.8) is 0 Å². The van der Waals surface area contributed by atoms with E-state index in [9.17, 15) is 23.1 Å². The smallest absolute Gasteiger partial charge is 0.198 e. The van der Waals surface area contributed by atoms with E-state index in [2.05, 4.69) is 0 Å². The Morgan fingerprint density at radius 1 is 0.969 bits per heavy atom. The van der Waals surface area contributed by atoms with Gasteiger partial charge in [0.15, 0.2) is 23.2 Å². The van der Waals surface area contributed by atoms with Crippen molar-refractivity contribution in [1.29, 1.82) is 0 Å². The molecule has 0 saturated heterocycles. The van der Waals surface area contributed by atoms with Gasteiger partial charge in [0, 0.05) is 0 Å². The summed E-state index contributed by atoms with van der Waals surface area (Å²) in [6, 6.07) is 6.94. The molecule has 1 aliphatic heterocycles. The first-order chi connectivity index (χ1) is 15.1. The molecule has 1 N–H and O–H groups in total. The Bertz CT molecular complexity index is 1090. The fourth-order valence-electron chi connectivity index (χ4n) is 4.95. The van der Waals surface area contributed by atoms with E-state index in [4.69, 9.17) is 4.74 Å². The van der Waals surface area contributed by atoms with Crippen molar-refractivity contribution < 1.29 is 27.8 Å². The molecule has 32 heavy (non-hydrogen) atoms. The second-order valence-electron chi connectivity index (χ2n) is 9.20. The number of aliphatic hydroxyl groups is 1. The summed E-state index contributed by atoms with van der Waals surface area (Å²) in [6.07, 6.45) is 4.56. The summed E-state index contributed by atoms with van der Waals surface area (Å²) < 4.78 is 47.1. The van der Waals surface area contributed by atoms with Gasteiger partial charge in [-0.15, -0.1) is 0 Å².